The van der Waals surface area contributed by atoms with Crippen LogP contribution < -0.4 is 10.6 Å². The zero-order valence-corrected chi connectivity index (χ0v) is 41.1. The van der Waals surface area contributed by atoms with E-state index in [0.717, 1.165) is 59.4 Å². The molecule has 6 atom stereocenters. The Balaban J connectivity index is 0.988. The SMILES string of the molecule is Cc1ncsc1-c1ccc([C@H](C)NC(=O)[C@@H]2C[C@@H](O)CN2C(=O)[C@@H](NC(=O)c2ccc(-c3ccc(C4=N[C@@H](C(C)C(=O)O)c5nnc(C)n5-c5sc(C)c(C)c54)cc3)cc2Cl)C(C)(C)C)cc1. The highest BCUT2D eigenvalue weighted by molar-refractivity contribution is 7.15. The number of carbonyl (C=O) groups excluding carboxylic acids is 3. The van der Waals surface area contributed by atoms with Gasteiger partial charge in [-0.05, 0) is 86.9 Å². The number of nitrogens with one attached hydrogen (secondary N) is 2. The van der Waals surface area contributed by atoms with Crippen LogP contribution in [-0.2, 0) is 14.4 Å². The molecule has 4 N–H and O–H groups in total. The highest BCUT2D eigenvalue weighted by atomic mass is 35.5. The summed E-state index contributed by atoms with van der Waals surface area (Å²) in [4.78, 5) is 67.6. The normalized spacial score (nSPS) is 18.3. The Kier molecular flexibility index (Phi) is 13.1. The predicted molar refractivity (Wildman–Crippen MR) is 261 cm³/mol. The number of amides is 3. The van der Waals surface area contributed by atoms with Crippen LogP contribution in [0, 0.1) is 39.0 Å². The number of nitrogens with zero attached hydrogens (tertiary/aromatic N) is 6. The van der Waals surface area contributed by atoms with Crippen molar-refractivity contribution in [1.29, 1.82) is 0 Å². The van der Waals surface area contributed by atoms with Crippen molar-refractivity contribution >= 4 is 63.7 Å². The second-order valence-corrected chi connectivity index (χ2v) is 21.0. The van der Waals surface area contributed by atoms with Gasteiger partial charge in [0.1, 0.15) is 29.0 Å². The number of aliphatic hydroxyl groups excluding tert-OH is 1. The third kappa shape index (κ3) is 9.19. The van der Waals surface area contributed by atoms with Gasteiger partial charge in [-0.15, -0.1) is 32.9 Å². The topological polar surface area (TPSA) is 192 Å². The van der Waals surface area contributed by atoms with Gasteiger partial charge in [-0.2, -0.15) is 0 Å². The van der Waals surface area contributed by atoms with E-state index in [1.165, 1.54) is 4.90 Å². The summed E-state index contributed by atoms with van der Waals surface area (Å²) < 4.78 is 1.93. The lowest BCUT2D eigenvalue weighted by Gasteiger charge is -2.35. The Labute approximate surface area is 402 Å². The van der Waals surface area contributed by atoms with Crippen LogP contribution in [-0.4, -0.2) is 89.0 Å². The maximum Gasteiger partial charge on any atom is 0.308 e. The Hall–Kier alpha value is -6.07. The summed E-state index contributed by atoms with van der Waals surface area (Å²) in [5, 5.41) is 36.6. The highest BCUT2D eigenvalue weighted by Gasteiger charge is 2.45. The lowest BCUT2D eigenvalue weighted by molar-refractivity contribution is -0.142. The molecule has 1 saturated heterocycles. The van der Waals surface area contributed by atoms with Crippen LogP contribution in [0.5, 0.6) is 0 Å². The van der Waals surface area contributed by atoms with Crippen molar-refractivity contribution in [1.82, 2.24) is 35.3 Å². The molecule has 2 aliphatic rings. The molecule has 67 heavy (non-hydrogen) atoms. The van der Waals surface area contributed by atoms with Crippen LogP contribution in [0.4, 0.5) is 0 Å². The van der Waals surface area contributed by atoms with Crippen LogP contribution >= 0.6 is 34.3 Å². The summed E-state index contributed by atoms with van der Waals surface area (Å²) in [7, 11) is 0. The molecule has 2 aliphatic heterocycles. The van der Waals surface area contributed by atoms with Gasteiger partial charge in [0.05, 0.1) is 50.4 Å². The number of carbonyl (C=O) groups is 4. The van der Waals surface area contributed by atoms with Gasteiger partial charge in [0.2, 0.25) is 11.8 Å². The van der Waals surface area contributed by atoms with Crippen molar-refractivity contribution in [2.45, 2.75) is 99.0 Å². The van der Waals surface area contributed by atoms with Gasteiger partial charge in [0.25, 0.3) is 5.91 Å². The number of aryl methyl sites for hydroxylation is 3. The monoisotopic (exact) mass is 960 g/mol. The summed E-state index contributed by atoms with van der Waals surface area (Å²) in [5.74, 6) is -2.19. The lowest BCUT2D eigenvalue weighted by Crippen LogP contribution is -2.57. The van der Waals surface area contributed by atoms with Crippen LogP contribution in [0.1, 0.15) is 108 Å². The van der Waals surface area contributed by atoms with E-state index in [-0.39, 0.29) is 29.6 Å². The second kappa shape index (κ2) is 18.5. The van der Waals surface area contributed by atoms with E-state index in [9.17, 15) is 29.4 Å². The third-order valence-corrected chi connectivity index (χ3v) is 15.3. The average Bonchev–Trinajstić information content (AvgIpc) is 4.05. The van der Waals surface area contributed by atoms with Crippen LogP contribution in [0.3, 0.4) is 0 Å². The molecule has 3 aromatic carbocycles. The molecule has 3 amide bonds. The maximum atomic E-state index is 14.4. The van der Waals surface area contributed by atoms with E-state index < -0.39 is 59.3 Å². The van der Waals surface area contributed by atoms with E-state index in [0.29, 0.717) is 17.4 Å². The number of hydrogen-bond donors (Lipinski definition) is 4. The van der Waals surface area contributed by atoms with E-state index in [4.69, 9.17) is 16.6 Å². The number of β-amino-alcohol motifs (C(OH)–C–C–N with tert-alkyl or cyclic N) is 1. The van der Waals surface area contributed by atoms with Crippen LogP contribution in [0.15, 0.2) is 77.2 Å². The molecule has 1 unspecified atom stereocenters. The largest absolute Gasteiger partial charge is 0.481 e. The fourth-order valence-electron chi connectivity index (χ4n) is 8.74. The van der Waals surface area contributed by atoms with Gasteiger partial charge in [-0.1, -0.05) is 87.0 Å². The van der Waals surface area contributed by atoms with E-state index in [1.807, 2.05) is 114 Å². The van der Waals surface area contributed by atoms with Crippen LogP contribution in [0.25, 0.3) is 26.6 Å². The Bertz CT molecular complexity index is 2930. The molecule has 0 spiro atoms. The summed E-state index contributed by atoms with van der Waals surface area (Å²) in [6, 6.07) is 17.5. The molecule has 6 aromatic rings. The molecule has 5 heterocycles. The third-order valence-electron chi connectivity index (χ3n) is 12.8. The average molecular weight is 962 g/mol. The minimum Gasteiger partial charge on any atom is -0.481 e. The van der Waals surface area contributed by atoms with Crippen molar-refractivity contribution in [2.24, 2.45) is 16.3 Å². The Morgan fingerprint density at radius 3 is 2.16 bits per heavy atom. The number of aliphatic hydroxyl groups is 1. The maximum absolute atomic E-state index is 14.4. The number of aliphatic imine (C=N–C) groups is 1. The number of aliphatic carboxylic acids is 1. The number of rotatable bonds is 11. The van der Waals surface area contributed by atoms with Crippen molar-refractivity contribution in [3.8, 4) is 26.6 Å². The zero-order valence-electron chi connectivity index (χ0n) is 38.7. The smallest absolute Gasteiger partial charge is 0.308 e. The number of carboxylic acid groups (broad SMARTS) is 1. The minimum absolute atomic E-state index is 0.0587. The molecule has 8 rings (SSSR count). The molecule has 17 heteroatoms. The standard InChI is InChI=1S/C50H53ClN8O6S2/c1-24-28(5)67-48-39(24)41(54-40(25(2)49(64)65)44-57-56-29(6)59(44)48)32-14-12-31(13-15-32)34-18-19-36(37(51)20-34)45(61)55-43(50(7,8)9)47(63)58-22-35(60)21-38(58)46(62)53-26(3)30-10-16-33(17-11-30)42-27(4)52-23-66-42/h10-20,23,25-26,35,38,40,43,60H,21-22H2,1-9H3,(H,53,62)(H,55,61)(H,64,65)/t25?,26-,35+,38-,40-,43+/m0/s1. The fraction of sp³-hybridized carbons (Fsp3) is 0.360. The summed E-state index contributed by atoms with van der Waals surface area (Å²) in [6.45, 7) is 16.8. The van der Waals surface area contributed by atoms with Gasteiger partial charge in [-0.25, -0.2) is 4.98 Å². The van der Waals surface area contributed by atoms with Crippen molar-refractivity contribution < 1.29 is 29.4 Å². The number of thiophene rings is 1. The van der Waals surface area contributed by atoms with E-state index >= 15 is 0 Å². The second-order valence-electron chi connectivity index (χ2n) is 18.5. The lowest BCUT2D eigenvalue weighted by atomic mass is 9.85. The minimum atomic E-state index is -1.06. The number of carboxylic acids is 1. The van der Waals surface area contributed by atoms with E-state index in [1.54, 1.807) is 47.8 Å². The Morgan fingerprint density at radius 2 is 1.54 bits per heavy atom. The first-order valence-electron chi connectivity index (χ1n) is 22.1. The van der Waals surface area contributed by atoms with Gasteiger partial charge in [0, 0.05) is 29.0 Å². The van der Waals surface area contributed by atoms with Gasteiger partial charge >= 0.3 is 5.97 Å². The summed E-state index contributed by atoms with van der Waals surface area (Å²) >= 11 is 10.0. The molecule has 14 nitrogen and oxygen atoms in total. The van der Waals surface area contributed by atoms with Gasteiger partial charge < -0.3 is 25.7 Å². The molecular formula is C50H53ClN8O6S2. The predicted octanol–water partition coefficient (Wildman–Crippen LogP) is 8.60. The highest BCUT2D eigenvalue weighted by Crippen LogP contribution is 2.41. The first-order chi connectivity index (χ1) is 31.7. The van der Waals surface area contributed by atoms with Crippen LogP contribution in [0.2, 0.25) is 5.02 Å². The zero-order chi connectivity index (χ0) is 48.2. The molecule has 0 radical (unpaired) electrons. The van der Waals surface area contributed by atoms with Crippen molar-refractivity contribution in [3.63, 3.8) is 0 Å². The number of thiazole rings is 1. The molecular weight excluding hydrogens is 908 g/mol. The van der Waals surface area contributed by atoms with Gasteiger partial charge in [-0.3, -0.25) is 28.7 Å². The quantitative estimate of drug-likeness (QED) is 0.0985. The Morgan fingerprint density at radius 1 is 0.881 bits per heavy atom. The number of aromatic nitrogens is 4. The van der Waals surface area contributed by atoms with Crippen molar-refractivity contribution in [2.75, 3.05) is 6.54 Å². The van der Waals surface area contributed by atoms with E-state index in [2.05, 4.69) is 25.8 Å². The first kappa shape index (κ1) is 47.4. The number of likely N-dealkylation sites (tertiary alicyclic amines) is 1. The number of benzene rings is 3. The first-order valence-corrected chi connectivity index (χ1v) is 24.1. The molecule has 0 aliphatic carbocycles. The number of halogens is 1. The number of hydrogen-bond acceptors (Lipinski definition) is 11. The molecule has 0 bridgehead atoms. The van der Waals surface area contributed by atoms with Gasteiger partial charge in [0.15, 0.2) is 5.82 Å². The molecule has 1 fully saturated rings. The van der Waals surface area contributed by atoms with Crippen molar-refractivity contribution in [3.05, 3.63) is 127 Å². The summed E-state index contributed by atoms with van der Waals surface area (Å²) in [5.41, 5.74) is 9.00. The molecule has 3 aromatic heterocycles. The summed E-state index contributed by atoms with van der Waals surface area (Å²) in [6.07, 6.45) is -0.862. The molecule has 348 valence electrons. The number of fused-ring (bicyclic) bond motifs is 3. The molecule has 0 saturated carbocycles. The fourth-order valence-corrected chi connectivity index (χ4v) is 11.0.